The molecule has 8 nitrogen and oxygen atoms in total. The van der Waals surface area contributed by atoms with Crippen molar-refractivity contribution in [3.05, 3.63) is 158 Å². The minimum atomic E-state index is 0. The van der Waals surface area contributed by atoms with Crippen molar-refractivity contribution in [1.29, 1.82) is 0 Å². The van der Waals surface area contributed by atoms with Gasteiger partial charge in [0.2, 0.25) is 0 Å². The Labute approximate surface area is 327 Å². The normalized spacial score (nSPS) is 16.1. The van der Waals surface area contributed by atoms with Gasteiger partial charge in [0.25, 0.3) is 0 Å². The maximum atomic E-state index is 4.19. The molecular formula is C40H44Cl2N8Ru. The van der Waals surface area contributed by atoms with Gasteiger partial charge in [-0.1, -0.05) is 36.4 Å². The van der Waals surface area contributed by atoms with E-state index in [1.54, 1.807) is 24.8 Å². The molecule has 0 amide bonds. The van der Waals surface area contributed by atoms with Crippen molar-refractivity contribution in [2.75, 3.05) is 27.2 Å². The molecule has 8 rings (SSSR count). The second kappa shape index (κ2) is 24.3. The first-order valence-corrected chi connectivity index (χ1v) is 16.5. The van der Waals surface area contributed by atoms with E-state index in [1.807, 2.05) is 110 Å². The van der Waals surface area contributed by atoms with Gasteiger partial charge < -0.3 is 24.8 Å². The Morgan fingerprint density at radius 2 is 0.784 bits per heavy atom. The quantitative estimate of drug-likeness (QED) is 0.251. The predicted octanol–water partition coefficient (Wildman–Crippen LogP) is 1.99. The van der Waals surface area contributed by atoms with E-state index in [0.717, 1.165) is 22.8 Å². The van der Waals surface area contributed by atoms with Crippen LogP contribution in [0.4, 0.5) is 0 Å². The van der Waals surface area contributed by atoms with Crippen LogP contribution in [0, 0.1) is 0 Å². The van der Waals surface area contributed by atoms with E-state index >= 15 is 0 Å². The van der Waals surface area contributed by atoms with Gasteiger partial charge in [-0.15, -0.1) is 0 Å². The Balaban J connectivity index is 0.000000231. The van der Waals surface area contributed by atoms with Crippen molar-refractivity contribution in [2.45, 2.75) is 37.8 Å². The van der Waals surface area contributed by atoms with Crippen molar-refractivity contribution in [1.82, 2.24) is 39.7 Å². The molecule has 2 aliphatic rings. The summed E-state index contributed by atoms with van der Waals surface area (Å²) in [6, 6.07) is 32.8. The minimum absolute atomic E-state index is 0. The molecule has 2 fully saturated rings. The molecule has 0 saturated carbocycles. The van der Waals surface area contributed by atoms with Crippen LogP contribution in [0.5, 0.6) is 0 Å². The molecule has 6 aromatic heterocycles. The van der Waals surface area contributed by atoms with Crippen LogP contribution < -0.4 is 24.8 Å². The summed E-state index contributed by atoms with van der Waals surface area (Å²) in [6.07, 6.45) is 19.9. The average Bonchev–Trinajstić information content (AvgIpc) is 3.82. The first-order chi connectivity index (χ1) is 23.7. The molecule has 2 aliphatic heterocycles. The molecule has 51 heavy (non-hydrogen) atoms. The summed E-state index contributed by atoms with van der Waals surface area (Å²) < 4.78 is 0. The molecule has 0 N–H and O–H groups in total. The summed E-state index contributed by atoms with van der Waals surface area (Å²) in [6.45, 7) is 2.44. The van der Waals surface area contributed by atoms with Gasteiger partial charge in [-0.05, 0) is 125 Å². The number of nitrogens with zero attached hydrogens (tertiary/aromatic N) is 8. The third kappa shape index (κ3) is 13.9. The standard InChI is InChI=1S/2C10H14N2.2C10H8N2.2ClH.Ru/c2*1-12-7-3-5-10(12)9-4-2-6-11-8-9;2*1-3-7-11-9(5-1)10-6-2-4-8-12-10;;;/h2*2,4,6,8,10H,3,5,7H2,1H3;2*1-8H;2*1H;/q;;;;;;+2/p-2/t2*10-;;;;;/m00...../s1. The fourth-order valence-electron chi connectivity index (χ4n) is 5.87. The van der Waals surface area contributed by atoms with Gasteiger partial charge in [0.1, 0.15) is 0 Å². The summed E-state index contributed by atoms with van der Waals surface area (Å²) in [7, 11) is 4.37. The summed E-state index contributed by atoms with van der Waals surface area (Å²) in [4.78, 5) is 29.8. The molecular weight excluding hydrogens is 764 g/mol. The fraction of sp³-hybridized carbons (Fsp3) is 0.250. The van der Waals surface area contributed by atoms with Crippen LogP contribution in [-0.4, -0.2) is 66.9 Å². The van der Waals surface area contributed by atoms with Crippen LogP contribution in [0.3, 0.4) is 0 Å². The molecule has 8 heterocycles. The van der Waals surface area contributed by atoms with Gasteiger partial charge in [0, 0.05) is 61.7 Å². The van der Waals surface area contributed by atoms with E-state index < -0.39 is 0 Å². The first kappa shape index (κ1) is 43.2. The van der Waals surface area contributed by atoms with Crippen LogP contribution in [0.15, 0.2) is 147 Å². The van der Waals surface area contributed by atoms with Gasteiger partial charge in [-0.25, -0.2) is 0 Å². The fourth-order valence-corrected chi connectivity index (χ4v) is 5.87. The van der Waals surface area contributed by atoms with E-state index in [9.17, 15) is 0 Å². The Bertz CT molecular complexity index is 1510. The Kier molecular flexibility index (Phi) is 20.5. The third-order valence-corrected chi connectivity index (χ3v) is 8.36. The summed E-state index contributed by atoms with van der Waals surface area (Å²) in [5, 5.41) is 0. The van der Waals surface area contributed by atoms with Crippen LogP contribution in [0.2, 0.25) is 0 Å². The van der Waals surface area contributed by atoms with Crippen molar-refractivity contribution in [3.8, 4) is 22.8 Å². The molecule has 266 valence electrons. The zero-order chi connectivity index (χ0) is 33.2. The number of halogens is 2. The molecule has 0 bridgehead atoms. The number of hydrogen-bond donors (Lipinski definition) is 0. The molecule has 2 atom stereocenters. The van der Waals surface area contributed by atoms with Crippen molar-refractivity contribution >= 4 is 0 Å². The molecule has 6 aromatic rings. The number of likely N-dealkylation sites (tertiary alicyclic amines) is 2. The maximum Gasteiger partial charge on any atom is 2.00 e. The molecule has 0 aliphatic carbocycles. The minimum Gasteiger partial charge on any atom is -1.00 e. The SMILES string of the molecule is CN1CCC[C@H]1c1cccnc1.CN1CCC[C@H]1c1cccnc1.[Cl-].[Cl-].[Ru+2].c1ccc(-c2ccccn2)nc1.c1ccc(-c2ccccn2)nc1. The van der Waals surface area contributed by atoms with E-state index in [-0.39, 0.29) is 44.3 Å². The largest absolute Gasteiger partial charge is 2.00 e. The topological polar surface area (TPSA) is 83.8 Å². The van der Waals surface area contributed by atoms with Crippen LogP contribution in [0.1, 0.15) is 48.9 Å². The molecule has 0 spiro atoms. The van der Waals surface area contributed by atoms with Gasteiger partial charge >= 0.3 is 19.5 Å². The van der Waals surface area contributed by atoms with Gasteiger partial charge in [-0.2, -0.15) is 0 Å². The predicted molar refractivity (Wildman–Crippen MR) is 193 cm³/mol. The molecule has 11 heteroatoms. The smallest absolute Gasteiger partial charge is 1.00 e. The van der Waals surface area contributed by atoms with Crippen molar-refractivity contribution < 1.29 is 44.3 Å². The van der Waals surface area contributed by atoms with Crippen molar-refractivity contribution in [3.63, 3.8) is 0 Å². The second-order valence-electron chi connectivity index (χ2n) is 11.7. The monoisotopic (exact) mass is 808 g/mol. The van der Waals surface area contributed by atoms with Crippen LogP contribution >= 0.6 is 0 Å². The van der Waals surface area contributed by atoms with E-state index in [2.05, 4.69) is 65.9 Å². The zero-order valence-electron chi connectivity index (χ0n) is 28.9. The molecule has 0 aromatic carbocycles. The summed E-state index contributed by atoms with van der Waals surface area (Å²) in [5.41, 5.74) is 6.38. The van der Waals surface area contributed by atoms with Crippen molar-refractivity contribution in [2.24, 2.45) is 0 Å². The van der Waals surface area contributed by atoms with Gasteiger partial charge in [0.15, 0.2) is 0 Å². The van der Waals surface area contributed by atoms with E-state index in [1.165, 1.54) is 49.9 Å². The van der Waals surface area contributed by atoms with Gasteiger partial charge in [-0.3, -0.25) is 39.7 Å². The number of hydrogen-bond acceptors (Lipinski definition) is 8. The number of pyridine rings is 6. The Hall–Kier alpha value is -3.98. The van der Waals surface area contributed by atoms with E-state index in [4.69, 9.17) is 0 Å². The van der Waals surface area contributed by atoms with Gasteiger partial charge in [0.05, 0.1) is 22.8 Å². The first-order valence-electron chi connectivity index (χ1n) is 16.5. The second-order valence-corrected chi connectivity index (χ2v) is 11.7. The summed E-state index contributed by atoms with van der Waals surface area (Å²) in [5.74, 6) is 0. The van der Waals surface area contributed by atoms with Crippen LogP contribution in [-0.2, 0) is 19.5 Å². The number of rotatable bonds is 4. The third-order valence-electron chi connectivity index (χ3n) is 8.36. The number of aromatic nitrogens is 6. The van der Waals surface area contributed by atoms with E-state index in [0.29, 0.717) is 12.1 Å². The summed E-state index contributed by atoms with van der Waals surface area (Å²) >= 11 is 0. The Morgan fingerprint density at radius 3 is 1.00 bits per heavy atom. The maximum absolute atomic E-state index is 4.19. The Morgan fingerprint density at radius 1 is 0.451 bits per heavy atom. The molecule has 2 saturated heterocycles. The van der Waals surface area contributed by atoms with Crippen LogP contribution in [0.25, 0.3) is 22.8 Å². The molecule has 0 unspecified atom stereocenters. The average molecular weight is 809 g/mol. The molecule has 0 radical (unpaired) electrons. The zero-order valence-corrected chi connectivity index (χ0v) is 32.2.